The number of benzene rings is 2. The van der Waals surface area contributed by atoms with Crippen LogP contribution in [0, 0.1) is 10.1 Å². The van der Waals surface area contributed by atoms with E-state index in [4.69, 9.17) is 0 Å². The maximum absolute atomic E-state index is 12.1. The number of hydrogen-bond acceptors (Lipinski definition) is 5. The van der Waals surface area contributed by atoms with Crippen molar-refractivity contribution in [3.63, 3.8) is 0 Å². The lowest BCUT2D eigenvalue weighted by Crippen LogP contribution is -2.10. The van der Waals surface area contributed by atoms with Crippen LogP contribution in [0.5, 0.6) is 5.75 Å². The summed E-state index contributed by atoms with van der Waals surface area (Å²) < 4.78 is 0. The molecule has 0 aliphatic carbocycles. The minimum absolute atomic E-state index is 0.124. The number of amides is 1. The van der Waals surface area contributed by atoms with Gasteiger partial charge in [-0.05, 0) is 29.7 Å². The standard InChI is InChI=1S/C17H17N3O4/c1-17(2,3)13-10-11(8-9-15(13)21)18-19-16(22)12-6-4-5-7-14(12)20(23)24/h4-10,21H,1-3H3. The minimum Gasteiger partial charge on any atom is -0.508 e. The molecule has 24 heavy (non-hydrogen) atoms. The number of rotatable bonds is 3. The van der Waals surface area contributed by atoms with Gasteiger partial charge in [0.1, 0.15) is 11.3 Å². The van der Waals surface area contributed by atoms with Crippen LogP contribution >= 0.6 is 0 Å². The summed E-state index contributed by atoms with van der Waals surface area (Å²) in [4.78, 5) is 22.4. The Morgan fingerprint density at radius 1 is 1.17 bits per heavy atom. The highest BCUT2D eigenvalue weighted by Gasteiger charge is 2.20. The van der Waals surface area contributed by atoms with Gasteiger partial charge in [-0.1, -0.05) is 32.9 Å². The molecule has 7 heteroatoms. The van der Waals surface area contributed by atoms with Gasteiger partial charge < -0.3 is 5.11 Å². The Hall–Kier alpha value is -3.09. The second-order valence-electron chi connectivity index (χ2n) is 6.23. The minimum atomic E-state index is -0.798. The van der Waals surface area contributed by atoms with E-state index in [-0.39, 0.29) is 22.4 Å². The Morgan fingerprint density at radius 2 is 1.83 bits per heavy atom. The SMILES string of the molecule is CC(C)(C)c1cc(N=NC(=O)c2ccccc2[N+](=O)[O-])ccc1O. The van der Waals surface area contributed by atoms with Gasteiger partial charge in [-0.15, -0.1) is 10.2 Å². The molecule has 1 N–H and O–H groups in total. The Bertz CT molecular complexity index is 823. The van der Waals surface area contributed by atoms with Crippen molar-refractivity contribution in [1.82, 2.24) is 0 Å². The Morgan fingerprint density at radius 3 is 2.46 bits per heavy atom. The van der Waals surface area contributed by atoms with E-state index in [1.807, 2.05) is 20.8 Å². The van der Waals surface area contributed by atoms with Crippen LogP contribution < -0.4 is 0 Å². The fourth-order valence-electron chi connectivity index (χ4n) is 2.16. The number of para-hydroxylation sites is 1. The first-order valence-electron chi connectivity index (χ1n) is 7.23. The molecule has 0 heterocycles. The molecule has 2 aromatic carbocycles. The van der Waals surface area contributed by atoms with Crippen molar-refractivity contribution in [2.75, 3.05) is 0 Å². The summed E-state index contributed by atoms with van der Waals surface area (Å²) in [7, 11) is 0. The topological polar surface area (TPSA) is 105 Å². The Labute approximate surface area is 138 Å². The lowest BCUT2D eigenvalue weighted by Gasteiger charge is -2.20. The van der Waals surface area contributed by atoms with Gasteiger partial charge in [-0.2, -0.15) is 0 Å². The normalized spacial score (nSPS) is 11.6. The van der Waals surface area contributed by atoms with E-state index in [0.717, 1.165) is 0 Å². The molecule has 0 fully saturated rings. The number of nitro benzene ring substituents is 1. The summed E-state index contributed by atoms with van der Waals surface area (Å²) in [5, 5.41) is 28.3. The molecule has 0 saturated carbocycles. The molecule has 2 aromatic rings. The quantitative estimate of drug-likeness (QED) is 0.508. The number of carbonyl (C=O) groups excluding carboxylic acids is 1. The first-order chi connectivity index (χ1) is 11.2. The van der Waals surface area contributed by atoms with Gasteiger partial charge in [0.25, 0.3) is 5.69 Å². The van der Waals surface area contributed by atoms with Crippen molar-refractivity contribution in [2.24, 2.45) is 10.2 Å². The molecule has 0 bridgehead atoms. The van der Waals surface area contributed by atoms with Crippen molar-refractivity contribution in [1.29, 1.82) is 0 Å². The molecule has 0 atom stereocenters. The van der Waals surface area contributed by atoms with Crippen molar-refractivity contribution >= 4 is 17.3 Å². The van der Waals surface area contributed by atoms with Crippen LogP contribution in [0.1, 0.15) is 36.7 Å². The summed E-state index contributed by atoms with van der Waals surface area (Å²) in [6.07, 6.45) is 0. The van der Waals surface area contributed by atoms with Crippen molar-refractivity contribution < 1.29 is 14.8 Å². The summed E-state index contributed by atoms with van der Waals surface area (Å²) in [5.74, 6) is -0.667. The third-order valence-electron chi connectivity index (χ3n) is 3.38. The van der Waals surface area contributed by atoms with E-state index in [1.165, 1.54) is 36.4 Å². The smallest absolute Gasteiger partial charge is 0.302 e. The molecular formula is C17H17N3O4. The number of nitrogens with zero attached hydrogens (tertiary/aromatic N) is 3. The monoisotopic (exact) mass is 327 g/mol. The fourth-order valence-corrected chi connectivity index (χ4v) is 2.16. The zero-order valence-corrected chi connectivity index (χ0v) is 13.6. The second-order valence-corrected chi connectivity index (χ2v) is 6.23. The molecule has 7 nitrogen and oxygen atoms in total. The Kier molecular flexibility index (Phi) is 4.73. The summed E-state index contributed by atoms with van der Waals surface area (Å²) in [5.41, 5.74) is 0.294. The van der Waals surface area contributed by atoms with Gasteiger partial charge in [0.05, 0.1) is 10.6 Å². The lowest BCUT2D eigenvalue weighted by molar-refractivity contribution is -0.385. The van der Waals surface area contributed by atoms with E-state index in [9.17, 15) is 20.0 Å². The lowest BCUT2D eigenvalue weighted by atomic mass is 9.86. The van der Waals surface area contributed by atoms with Gasteiger partial charge >= 0.3 is 5.91 Å². The number of hydrogen-bond donors (Lipinski definition) is 1. The van der Waals surface area contributed by atoms with Gasteiger partial charge in [0.15, 0.2) is 0 Å². The molecular weight excluding hydrogens is 310 g/mol. The second kappa shape index (κ2) is 6.57. The molecule has 0 spiro atoms. The summed E-state index contributed by atoms with van der Waals surface area (Å²) >= 11 is 0. The van der Waals surface area contributed by atoms with E-state index in [0.29, 0.717) is 11.3 Å². The average Bonchev–Trinajstić information content (AvgIpc) is 2.52. The molecule has 0 unspecified atom stereocenters. The van der Waals surface area contributed by atoms with E-state index in [1.54, 1.807) is 6.07 Å². The zero-order valence-electron chi connectivity index (χ0n) is 13.6. The van der Waals surface area contributed by atoms with Crippen molar-refractivity contribution in [2.45, 2.75) is 26.2 Å². The maximum Gasteiger partial charge on any atom is 0.302 e. The first kappa shape index (κ1) is 17.3. The van der Waals surface area contributed by atoms with E-state index >= 15 is 0 Å². The van der Waals surface area contributed by atoms with Gasteiger partial charge in [-0.25, -0.2) is 0 Å². The van der Waals surface area contributed by atoms with Crippen LogP contribution in [0.3, 0.4) is 0 Å². The van der Waals surface area contributed by atoms with E-state index in [2.05, 4.69) is 10.2 Å². The molecule has 2 rings (SSSR count). The Balaban J connectivity index is 2.32. The van der Waals surface area contributed by atoms with Gasteiger partial charge in [0.2, 0.25) is 0 Å². The molecule has 0 saturated heterocycles. The van der Waals surface area contributed by atoms with Crippen molar-refractivity contribution in [3.8, 4) is 5.75 Å². The molecule has 0 aliphatic rings. The van der Waals surface area contributed by atoms with Crippen LogP contribution in [0.2, 0.25) is 0 Å². The average molecular weight is 327 g/mol. The number of phenolic OH excluding ortho intramolecular Hbond substituents is 1. The van der Waals surface area contributed by atoms with E-state index < -0.39 is 10.8 Å². The first-order valence-corrected chi connectivity index (χ1v) is 7.23. The number of nitro groups is 1. The highest BCUT2D eigenvalue weighted by Crippen LogP contribution is 2.33. The predicted octanol–water partition coefficient (Wildman–Crippen LogP) is 4.52. The number of carbonyl (C=O) groups is 1. The number of phenols is 1. The van der Waals surface area contributed by atoms with Crippen LogP contribution in [0.15, 0.2) is 52.7 Å². The predicted molar refractivity (Wildman–Crippen MR) is 88.7 cm³/mol. The largest absolute Gasteiger partial charge is 0.508 e. The van der Waals surface area contributed by atoms with Crippen LogP contribution in [0.25, 0.3) is 0 Å². The van der Waals surface area contributed by atoms with Crippen LogP contribution in [0.4, 0.5) is 11.4 Å². The fraction of sp³-hybridized carbons (Fsp3) is 0.235. The molecule has 0 radical (unpaired) electrons. The molecule has 0 aromatic heterocycles. The summed E-state index contributed by atoms with van der Waals surface area (Å²) in [6, 6.07) is 10.2. The van der Waals surface area contributed by atoms with Crippen molar-refractivity contribution in [3.05, 3.63) is 63.7 Å². The van der Waals surface area contributed by atoms with Gasteiger partial charge in [-0.3, -0.25) is 14.9 Å². The third-order valence-corrected chi connectivity index (χ3v) is 3.38. The highest BCUT2D eigenvalue weighted by atomic mass is 16.6. The zero-order chi connectivity index (χ0) is 17.9. The number of aromatic hydroxyl groups is 1. The molecule has 1 amide bonds. The number of azo groups is 1. The van der Waals surface area contributed by atoms with Crippen LogP contribution in [-0.2, 0) is 5.41 Å². The van der Waals surface area contributed by atoms with Gasteiger partial charge in [0, 0.05) is 11.6 Å². The third kappa shape index (κ3) is 3.81. The molecule has 124 valence electrons. The highest BCUT2D eigenvalue weighted by molar-refractivity contribution is 5.98. The maximum atomic E-state index is 12.1. The van der Waals surface area contributed by atoms with Crippen LogP contribution in [-0.4, -0.2) is 15.9 Å². The molecule has 0 aliphatic heterocycles. The summed E-state index contributed by atoms with van der Waals surface area (Å²) in [6.45, 7) is 5.80.